The van der Waals surface area contributed by atoms with E-state index in [1.165, 1.54) is 0 Å². The molecule has 0 saturated heterocycles. The second-order valence-corrected chi connectivity index (χ2v) is 8.71. The minimum absolute atomic E-state index is 0.301. The summed E-state index contributed by atoms with van der Waals surface area (Å²) in [7, 11) is 1.61. The molecule has 0 amide bonds. The molecular formula is C29H21Cl2NO3. The van der Waals surface area contributed by atoms with Gasteiger partial charge in [0.1, 0.15) is 12.1 Å². The first-order chi connectivity index (χ1) is 17.1. The molecule has 4 nitrogen and oxygen atoms in total. The largest absolute Gasteiger partial charge is 0.493 e. The quantitative estimate of drug-likeness (QED) is 0.224. The Balaban J connectivity index is 1.32. The number of benzene rings is 4. The number of halogens is 2. The predicted octanol–water partition coefficient (Wildman–Crippen LogP) is 8.56. The third-order valence-corrected chi connectivity index (χ3v) is 6.10. The van der Waals surface area contributed by atoms with Gasteiger partial charge in [-0.1, -0.05) is 71.7 Å². The molecule has 5 rings (SSSR count). The van der Waals surface area contributed by atoms with Crippen molar-refractivity contribution >= 4 is 46.5 Å². The van der Waals surface area contributed by atoms with Crippen LogP contribution in [-0.4, -0.2) is 12.1 Å². The van der Waals surface area contributed by atoms with Gasteiger partial charge in [0.15, 0.2) is 17.1 Å². The third kappa shape index (κ3) is 5.35. The number of hydrogen-bond donors (Lipinski definition) is 0. The second-order valence-electron chi connectivity index (χ2n) is 7.87. The Morgan fingerprint density at radius 2 is 1.69 bits per heavy atom. The van der Waals surface area contributed by atoms with Crippen molar-refractivity contribution in [3.8, 4) is 22.6 Å². The van der Waals surface area contributed by atoms with Crippen LogP contribution in [0.4, 0.5) is 0 Å². The molecule has 0 N–H and O–H groups in total. The topological polar surface area (TPSA) is 44.5 Å². The van der Waals surface area contributed by atoms with E-state index in [0.29, 0.717) is 34.0 Å². The zero-order chi connectivity index (χ0) is 24.2. The Hall–Kier alpha value is -3.73. The van der Waals surface area contributed by atoms with E-state index in [0.717, 1.165) is 33.4 Å². The van der Waals surface area contributed by atoms with Crippen LogP contribution < -0.4 is 9.47 Å². The van der Waals surface area contributed by atoms with Crippen molar-refractivity contribution in [2.45, 2.75) is 6.61 Å². The van der Waals surface area contributed by atoms with E-state index in [1.807, 2.05) is 72.8 Å². The highest BCUT2D eigenvalue weighted by atomic mass is 35.5. The van der Waals surface area contributed by atoms with Crippen LogP contribution >= 0.6 is 23.2 Å². The Kier molecular flexibility index (Phi) is 6.75. The fourth-order valence-corrected chi connectivity index (χ4v) is 4.16. The molecule has 1 heterocycles. The lowest BCUT2D eigenvalue weighted by molar-refractivity contribution is 0.284. The molecular weight excluding hydrogens is 481 g/mol. The van der Waals surface area contributed by atoms with Crippen molar-refractivity contribution in [3.63, 3.8) is 0 Å². The normalized spacial score (nSPS) is 11.3. The van der Waals surface area contributed by atoms with Crippen molar-refractivity contribution in [1.82, 2.24) is 4.98 Å². The third-order valence-electron chi connectivity index (χ3n) is 5.52. The molecule has 174 valence electrons. The van der Waals surface area contributed by atoms with E-state index in [2.05, 4.69) is 17.1 Å². The van der Waals surface area contributed by atoms with Crippen LogP contribution in [0.5, 0.6) is 11.5 Å². The number of fused-ring (bicyclic) bond motifs is 1. The van der Waals surface area contributed by atoms with Gasteiger partial charge in [0.05, 0.1) is 7.11 Å². The summed E-state index contributed by atoms with van der Waals surface area (Å²) in [4.78, 5) is 4.62. The maximum Gasteiger partial charge on any atom is 0.220 e. The smallest absolute Gasteiger partial charge is 0.220 e. The summed E-state index contributed by atoms with van der Waals surface area (Å²) in [5.41, 5.74) is 5.56. The van der Waals surface area contributed by atoms with Gasteiger partial charge in [0.25, 0.3) is 0 Å². The van der Waals surface area contributed by atoms with Gasteiger partial charge in [-0.05, 0) is 59.2 Å². The zero-order valence-electron chi connectivity index (χ0n) is 18.9. The van der Waals surface area contributed by atoms with Crippen molar-refractivity contribution in [2.24, 2.45) is 0 Å². The van der Waals surface area contributed by atoms with Gasteiger partial charge in [-0.15, -0.1) is 0 Å². The van der Waals surface area contributed by atoms with Crippen LogP contribution in [0.2, 0.25) is 10.0 Å². The molecule has 0 saturated carbocycles. The molecule has 0 aliphatic carbocycles. The number of rotatable bonds is 7. The van der Waals surface area contributed by atoms with Crippen LogP contribution in [0, 0.1) is 0 Å². The van der Waals surface area contributed by atoms with Gasteiger partial charge in [-0.2, -0.15) is 0 Å². The molecule has 0 aliphatic rings. The maximum atomic E-state index is 6.24. The zero-order valence-corrected chi connectivity index (χ0v) is 20.4. The summed E-state index contributed by atoms with van der Waals surface area (Å²) in [6, 6.07) is 27.2. The van der Waals surface area contributed by atoms with Gasteiger partial charge in [0.2, 0.25) is 5.89 Å². The molecule has 0 atom stereocenters. The van der Waals surface area contributed by atoms with Gasteiger partial charge in [-0.3, -0.25) is 0 Å². The van der Waals surface area contributed by atoms with Gasteiger partial charge in [-0.25, -0.2) is 4.98 Å². The fourth-order valence-electron chi connectivity index (χ4n) is 3.70. The predicted molar refractivity (Wildman–Crippen MR) is 142 cm³/mol. The first kappa shape index (κ1) is 23.0. The number of oxazole rings is 1. The molecule has 0 fully saturated rings. The molecule has 0 spiro atoms. The monoisotopic (exact) mass is 501 g/mol. The minimum atomic E-state index is 0.301. The second kappa shape index (κ2) is 10.3. The highest BCUT2D eigenvalue weighted by Gasteiger charge is 2.09. The van der Waals surface area contributed by atoms with E-state index in [1.54, 1.807) is 19.2 Å². The van der Waals surface area contributed by atoms with E-state index in [9.17, 15) is 0 Å². The summed E-state index contributed by atoms with van der Waals surface area (Å²) in [6.45, 7) is 0.301. The standard InChI is InChI=1S/C29H21Cl2NO3/c1-33-28-15-19(7-12-27(28)34-18-22-9-11-23(30)17-24(22)31)8-14-29-32-25-16-21(10-13-26(25)35-29)20-5-3-2-4-6-20/h2-17H,18H2,1H3/b14-8+. The average Bonchev–Trinajstić information content (AvgIpc) is 3.30. The lowest BCUT2D eigenvalue weighted by atomic mass is 10.1. The summed E-state index contributed by atoms with van der Waals surface area (Å²) in [5, 5.41) is 1.15. The first-order valence-electron chi connectivity index (χ1n) is 11.0. The van der Waals surface area contributed by atoms with Crippen LogP contribution in [0.25, 0.3) is 34.4 Å². The molecule has 0 bridgehead atoms. The summed E-state index contributed by atoms with van der Waals surface area (Å²) in [6.07, 6.45) is 3.76. The Bertz CT molecular complexity index is 1510. The van der Waals surface area contributed by atoms with Gasteiger partial charge >= 0.3 is 0 Å². The van der Waals surface area contributed by atoms with E-state index in [4.69, 9.17) is 37.1 Å². The van der Waals surface area contributed by atoms with E-state index in [-0.39, 0.29) is 0 Å². The van der Waals surface area contributed by atoms with E-state index < -0.39 is 0 Å². The molecule has 0 aliphatic heterocycles. The Morgan fingerprint density at radius 3 is 2.49 bits per heavy atom. The molecule has 5 aromatic rings. The van der Waals surface area contributed by atoms with E-state index >= 15 is 0 Å². The van der Waals surface area contributed by atoms with Gasteiger partial charge in [0, 0.05) is 21.7 Å². The first-order valence-corrected chi connectivity index (χ1v) is 11.7. The maximum absolute atomic E-state index is 6.24. The molecule has 35 heavy (non-hydrogen) atoms. The molecule has 1 aromatic heterocycles. The number of aromatic nitrogens is 1. The van der Waals surface area contributed by atoms with Crippen molar-refractivity contribution in [1.29, 1.82) is 0 Å². The minimum Gasteiger partial charge on any atom is -0.493 e. The van der Waals surface area contributed by atoms with Gasteiger partial charge < -0.3 is 13.9 Å². The van der Waals surface area contributed by atoms with Crippen LogP contribution in [0.3, 0.4) is 0 Å². The number of nitrogens with zero attached hydrogens (tertiary/aromatic N) is 1. The van der Waals surface area contributed by atoms with Crippen LogP contribution in [-0.2, 0) is 6.61 Å². The SMILES string of the molecule is COc1cc(/C=C/c2nc3cc(-c4ccccc4)ccc3o2)ccc1OCc1ccc(Cl)cc1Cl. The summed E-state index contributed by atoms with van der Waals surface area (Å²) in [5.74, 6) is 1.76. The number of ether oxygens (including phenoxy) is 2. The lowest BCUT2D eigenvalue weighted by Crippen LogP contribution is -1.98. The van der Waals surface area contributed by atoms with Crippen molar-refractivity contribution in [2.75, 3.05) is 7.11 Å². The lowest BCUT2D eigenvalue weighted by Gasteiger charge is -2.12. The van der Waals surface area contributed by atoms with Crippen molar-refractivity contribution in [3.05, 3.63) is 112 Å². The fraction of sp³-hybridized carbons (Fsp3) is 0.0690. The number of methoxy groups -OCH3 is 1. The molecule has 0 radical (unpaired) electrons. The molecule has 4 aromatic carbocycles. The Labute approximate surface area is 213 Å². The molecule has 0 unspecified atom stereocenters. The summed E-state index contributed by atoms with van der Waals surface area (Å²) >= 11 is 12.2. The average molecular weight is 502 g/mol. The Morgan fingerprint density at radius 1 is 0.829 bits per heavy atom. The highest BCUT2D eigenvalue weighted by Crippen LogP contribution is 2.31. The summed E-state index contributed by atoms with van der Waals surface area (Å²) < 4.78 is 17.4. The number of hydrogen-bond acceptors (Lipinski definition) is 4. The molecule has 6 heteroatoms. The van der Waals surface area contributed by atoms with Crippen LogP contribution in [0.1, 0.15) is 17.0 Å². The van der Waals surface area contributed by atoms with Crippen LogP contribution in [0.15, 0.2) is 89.3 Å². The highest BCUT2D eigenvalue weighted by molar-refractivity contribution is 6.35. The van der Waals surface area contributed by atoms with Crippen molar-refractivity contribution < 1.29 is 13.9 Å².